The summed E-state index contributed by atoms with van der Waals surface area (Å²) in [6, 6.07) is 6.32. The van der Waals surface area contributed by atoms with Crippen molar-refractivity contribution in [1.82, 2.24) is 20.3 Å². The number of fused-ring (bicyclic) bond motifs is 1. The molecule has 0 bridgehead atoms. The predicted octanol–water partition coefficient (Wildman–Crippen LogP) is 0.477. The molecule has 0 aliphatic heterocycles. The van der Waals surface area contributed by atoms with Crippen LogP contribution in [0.4, 0.5) is 11.6 Å². The van der Waals surface area contributed by atoms with E-state index in [0.717, 1.165) is 5.69 Å². The molecule has 0 aliphatic rings. The van der Waals surface area contributed by atoms with Crippen LogP contribution in [0, 0.1) is 0 Å². The minimum Gasteiger partial charge on any atom is -0.481 e. The monoisotopic (exact) mass is 484 g/mol. The fourth-order valence-corrected chi connectivity index (χ4v) is 3.48. The number of amides is 2. The third-order valence-electron chi connectivity index (χ3n) is 5.25. The average molecular weight is 484 g/mol. The van der Waals surface area contributed by atoms with Crippen LogP contribution in [0.3, 0.4) is 0 Å². The number of carboxylic acid groups (broad SMARTS) is 2. The number of benzene rings is 1. The molecule has 13 heteroatoms. The van der Waals surface area contributed by atoms with Crippen LogP contribution in [0.15, 0.2) is 35.1 Å². The molecule has 13 nitrogen and oxygen atoms in total. The number of nitrogens with zero attached hydrogens (tertiary/aromatic N) is 2. The highest BCUT2D eigenvalue weighted by atomic mass is 16.4. The number of aromatic nitrogens is 3. The Bertz CT molecular complexity index is 1300. The molecule has 0 fully saturated rings. The fourth-order valence-electron chi connectivity index (χ4n) is 3.48. The van der Waals surface area contributed by atoms with Gasteiger partial charge < -0.3 is 31.1 Å². The van der Waals surface area contributed by atoms with Crippen LogP contribution in [0.5, 0.6) is 0 Å². The summed E-state index contributed by atoms with van der Waals surface area (Å²) in [6.45, 7) is 0.354. The van der Waals surface area contributed by atoms with E-state index in [2.05, 4.69) is 20.3 Å². The number of aryl methyl sites for hydroxylation is 1. The van der Waals surface area contributed by atoms with Crippen LogP contribution >= 0.6 is 0 Å². The molecule has 3 aromatic rings. The molecule has 0 spiro atoms. The third-order valence-corrected chi connectivity index (χ3v) is 5.25. The van der Waals surface area contributed by atoms with Crippen molar-refractivity contribution in [3.63, 3.8) is 0 Å². The van der Waals surface area contributed by atoms with Gasteiger partial charge in [-0.15, -0.1) is 0 Å². The van der Waals surface area contributed by atoms with Gasteiger partial charge in [0.2, 0.25) is 12.4 Å². The van der Waals surface area contributed by atoms with Crippen LogP contribution in [0.25, 0.3) is 11.0 Å². The quantitative estimate of drug-likeness (QED) is 0.197. The third kappa shape index (κ3) is 6.43. The van der Waals surface area contributed by atoms with Crippen LogP contribution in [-0.2, 0) is 20.8 Å². The molecule has 2 amide bonds. The van der Waals surface area contributed by atoms with Crippen molar-refractivity contribution in [3.8, 4) is 0 Å². The Labute approximate surface area is 198 Å². The first-order valence-electron chi connectivity index (χ1n) is 10.6. The molecule has 35 heavy (non-hydrogen) atoms. The van der Waals surface area contributed by atoms with Gasteiger partial charge in [-0.1, -0.05) is 0 Å². The zero-order valence-corrected chi connectivity index (χ0v) is 18.5. The SMILES string of the molecule is Nc1nc2[nH]c(CCCN(C=O)c3ccc(C(=O)N[C@@H](CCC(=O)O)C(=O)O)cc3)cc2c(=O)[nH]1. The summed E-state index contributed by atoms with van der Waals surface area (Å²) in [5, 5.41) is 20.6. The Morgan fingerprint density at radius 3 is 2.51 bits per heavy atom. The maximum absolute atomic E-state index is 12.4. The predicted molar refractivity (Wildman–Crippen MR) is 125 cm³/mol. The van der Waals surface area contributed by atoms with Crippen LogP contribution in [0.2, 0.25) is 0 Å². The van der Waals surface area contributed by atoms with Gasteiger partial charge in [0.25, 0.3) is 11.5 Å². The highest BCUT2D eigenvalue weighted by molar-refractivity contribution is 5.97. The van der Waals surface area contributed by atoms with Gasteiger partial charge in [-0.2, -0.15) is 4.98 Å². The summed E-state index contributed by atoms with van der Waals surface area (Å²) in [5.74, 6) is -3.15. The molecule has 1 atom stereocenters. The van der Waals surface area contributed by atoms with Gasteiger partial charge in [0.05, 0.1) is 5.39 Å². The number of carboxylic acids is 2. The van der Waals surface area contributed by atoms with E-state index in [9.17, 15) is 29.1 Å². The minimum atomic E-state index is -1.34. The van der Waals surface area contributed by atoms with Crippen molar-refractivity contribution in [1.29, 1.82) is 0 Å². The second kappa shape index (κ2) is 11.0. The Morgan fingerprint density at radius 1 is 1.17 bits per heavy atom. The molecule has 0 unspecified atom stereocenters. The average Bonchev–Trinajstić information content (AvgIpc) is 3.22. The second-order valence-corrected chi connectivity index (χ2v) is 7.75. The number of rotatable bonds is 12. The van der Waals surface area contributed by atoms with E-state index < -0.39 is 30.3 Å². The van der Waals surface area contributed by atoms with E-state index in [1.54, 1.807) is 18.2 Å². The molecule has 2 aromatic heterocycles. The van der Waals surface area contributed by atoms with E-state index in [1.807, 2.05) is 0 Å². The van der Waals surface area contributed by atoms with Crippen molar-refractivity contribution in [3.05, 3.63) is 51.9 Å². The zero-order chi connectivity index (χ0) is 25.5. The number of H-pyrrole nitrogens is 2. The first-order chi connectivity index (χ1) is 16.7. The summed E-state index contributed by atoms with van der Waals surface area (Å²) in [6.07, 6.45) is 1.10. The number of nitrogens with one attached hydrogen (secondary N) is 3. The van der Waals surface area contributed by atoms with E-state index in [1.165, 1.54) is 17.0 Å². The topological polar surface area (TPSA) is 212 Å². The van der Waals surface area contributed by atoms with Crippen LogP contribution < -0.4 is 21.5 Å². The van der Waals surface area contributed by atoms with Gasteiger partial charge in [0, 0.05) is 29.9 Å². The molecule has 1 aromatic carbocycles. The summed E-state index contributed by atoms with van der Waals surface area (Å²) in [7, 11) is 0. The van der Waals surface area contributed by atoms with Gasteiger partial charge in [-0.3, -0.25) is 24.2 Å². The number of nitrogens with two attached hydrogens (primary N) is 1. The van der Waals surface area contributed by atoms with Crippen molar-refractivity contribution < 1.29 is 29.4 Å². The van der Waals surface area contributed by atoms with Crippen molar-refractivity contribution in [2.24, 2.45) is 0 Å². The standard InChI is InChI=1S/C22H24N6O7/c23-22-26-18-15(20(33)27-22)10-13(24-18)2-1-9-28(11-29)14-5-3-12(4-6-14)19(32)25-16(21(34)35)7-8-17(30)31/h3-6,10-11,16H,1-2,7-9H2,(H,25,32)(H,30,31)(H,34,35)(H4,23,24,26,27,33)/t16-/m0/s1. The number of hydrogen-bond donors (Lipinski definition) is 6. The highest BCUT2D eigenvalue weighted by Crippen LogP contribution is 2.16. The van der Waals surface area contributed by atoms with Crippen molar-refractivity contribution >= 4 is 46.9 Å². The van der Waals surface area contributed by atoms with Crippen molar-refractivity contribution in [2.45, 2.75) is 31.7 Å². The summed E-state index contributed by atoms with van der Waals surface area (Å²) < 4.78 is 0. The Balaban J connectivity index is 1.59. The molecule has 3 rings (SSSR count). The Kier molecular flexibility index (Phi) is 7.81. The highest BCUT2D eigenvalue weighted by Gasteiger charge is 2.21. The first-order valence-corrected chi connectivity index (χ1v) is 10.6. The Hall–Kier alpha value is -4.68. The maximum Gasteiger partial charge on any atom is 0.326 e. The molecule has 0 aliphatic carbocycles. The number of carbonyl (C=O) groups is 4. The van der Waals surface area contributed by atoms with E-state index in [-0.39, 0.29) is 23.5 Å². The summed E-state index contributed by atoms with van der Waals surface area (Å²) in [5.41, 5.74) is 7.04. The lowest BCUT2D eigenvalue weighted by molar-refractivity contribution is -0.140. The number of nitrogen functional groups attached to an aromatic ring is 1. The van der Waals surface area contributed by atoms with Gasteiger partial charge in [0.1, 0.15) is 11.7 Å². The maximum atomic E-state index is 12.4. The number of hydrogen-bond acceptors (Lipinski definition) is 7. The Morgan fingerprint density at radius 2 is 1.89 bits per heavy atom. The summed E-state index contributed by atoms with van der Waals surface area (Å²) in [4.78, 5) is 68.8. The lowest BCUT2D eigenvalue weighted by atomic mass is 10.1. The smallest absolute Gasteiger partial charge is 0.326 e. The van der Waals surface area contributed by atoms with E-state index in [4.69, 9.17) is 10.8 Å². The number of carbonyl (C=O) groups excluding carboxylic acids is 2. The van der Waals surface area contributed by atoms with Gasteiger partial charge in [-0.25, -0.2) is 4.79 Å². The number of aromatic amines is 2. The second-order valence-electron chi connectivity index (χ2n) is 7.75. The van der Waals surface area contributed by atoms with E-state index in [0.29, 0.717) is 42.5 Å². The first kappa shape index (κ1) is 25.0. The largest absolute Gasteiger partial charge is 0.481 e. The van der Waals surface area contributed by atoms with Gasteiger partial charge in [-0.05, 0) is 49.6 Å². The zero-order valence-electron chi connectivity index (χ0n) is 18.5. The van der Waals surface area contributed by atoms with Gasteiger partial charge in [0.15, 0.2) is 0 Å². The van der Waals surface area contributed by atoms with Crippen LogP contribution in [-0.4, -0.2) is 62.0 Å². The fraction of sp³-hybridized carbons (Fsp3) is 0.273. The molecule has 0 radical (unpaired) electrons. The molecule has 7 N–H and O–H groups in total. The molecule has 2 heterocycles. The summed E-state index contributed by atoms with van der Waals surface area (Å²) >= 11 is 0. The molecule has 0 saturated heterocycles. The molecule has 0 saturated carbocycles. The number of aliphatic carboxylic acids is 2. The van der Waals surface area contributed by atoms with Gasteiger partial charge >= 0.3 is 11.9 Å². The molecular weight excluding hydrogens is 460 g/mol. The lowest BCUT2D eigenvalue weighted by Gasteiger charge is -2.18. The van der Waals surface area contributed by atoms with E-state index >= 15 is 0 Å². The van der Waals surface area contributed by atoms with Crippen LogP contribution in [0.1, 0.15) is 35.3 Å². The van der Waals surface area contributed by atoms with Crippen molar-refractivity contribution in [2.75, 3.05) is 17.2 Å². The normalized spacial score (nSPS) is 11.7. The molecule has 184 valence electrons. The number of anilines is 2. The lowest BCUT2D eigenvalue weighted by Crippen LogP contribution is -2.41. The minimum absolute atomic E-state index is 0.0129. The molecular formula is C22H24N6O7.